The Morgan fingerprint density at radius 2 is 1.80 bits per heavy atom. The lowest BCUT2D eigenvalue weighted by atomic mass is 10.1. The van der Waals surface area contributed by atoms with Crippen LogP contribution in [0.15, 0.2) is 34.8 Å². The number of nitrogens with zero attached hydrogens (tertiary/aromatic N) is 2. The average molecular weight is 487 g/mol. The third-order valence-electron chi connectivity index (χ3n) is 6.31. The fourth-order valence-corrected chi connectivity index (χ4v) is 4.27. The Labute approximate surface area is 209 Å². The molecule has 0 aliphatic rings. The van der Waals surface area contributed by atoms with E-state index >= 15 is 0 Å². The molecule has 0 aliphatic heterocycles. The monoisotopic (exact) mass is 486 g/mol. The highest BCUT2D eigenvalue weighted by Crippen LogP contribution is 2.36. The van der Waals surface area contributed by atoms with Crippen molar-refractivity contribution in [3.8, 4) is 11.5 Å². The summed E-state index contributed by atoms with van der Waals surface area (Å²) in [5.74, 6) is 1.54. The van der Waals surface area contributed by atoms with E-state index in [9.17, 15) is 14.9 Å². The molecule has 2 aromatic rings. The lowest BCUT2D eigenvalue weighted by Gasteiger charge is -2.20. The van der Waals surface area contributed by atoms with Crippen LogP contribution < -0.4 is 15.0 Å². The SMILES string of the molecule is CC=C(CC)Oc1c(OCC(C)CCC)c(=O)n(CCCCCCCC)c2cc([N+](=O)[O-])ccc12. The van der Waals surface area contributed by atoms with E-state index in [2.05, 4.69) is 20.8 Å². The molecule has 35 heavy (non-hydrogen) atoms. The van der Waals surface area contributed by atoms with Gasteiger partial charge in [0.1, 0.15) is 0 Å². The zero-order valence-corrected chi connectivity index (χ0v) is 22.1. The fraction of sp³-hybridized carbons (Fsp3) is 0.607. The van der Waals surface area contributed by atoms with Crippen LogP contribution in [-0.4, -0.2) is 16.1 Å². The van der Waals surface area contributed by atoms with Crippen LogP contribution in [-0.2, 0) is 6.54 Å². The maximum absolute atomic E-state index is 13.7. The number of hydrogen-bond donors (Lipinski definition) is 0. The summed E-state index contributed by atoms with van der Waals surface area (Å²) >= 11 is 0. The van der Waals surface area contributed by atoms with Crippen LogP contribution in [0.2, 0.25) is 0 Å². The van der Waals surface area contributed by atoms with E-state index in [0.717, 1.165) is 32.1 Å². The van der Waals surface area contributed by atoms with Gasteiger partial charge in [0.15, 0.2) is 5.75 Å². The summed E-state index contributed by atoms with van der Waals surface area (Å²) in [5.41, 5.74) is 0.164. The molecule has 1 aromatic carbocycles. The van der Waals surface area contributed by atoms with Gasteiger partial charge in [-0.15, -0.1) is 0 Å². The highest BCUT2D eigenvalue weighted by molar-refractivity contribution is 5.89. The van der Waals surface area contributed by atoms with E-state index in [4.69, 9.17) is 9.47 Å². The highest BCUT2D eigenvalue weighted by Gasteiger charge is 2.23. The van der Waals surface area contributed by atoms with Crippen LogP contribution in [0.4, 0.5) is 5.69 Å². The molecule has 0 N–H and O–H groups in total. The van der Waals surface area contributed by atoms with Crippen LogP contribution in [0.25, 0.3) is 10.9 Å². The van der Waals surface area contributed by atoms with Crippen LogP contribution in [0.1, 0.15) is 92.4 Å². The van der Waals surface area contributed by atoms with E-state index in [-0.39, 0.29) is 17.0 Å². The number of rotatable bonds is 16. The Morgan fingerprint density at radius 3 is 2.43 bits per heavy atom. The molecule has 1 aromatic heterocycles. The fourth-order valence-electron chi connectivity index (χ4n) is 4.27. The van der Waals surface area contributed by atoms with E-state index in [1.165, 1.54) is 31.4 Å². The lowest BCUT2D eigenvalue weighted by Crippen LogP contribution is -2.25. The Bertz CT molecular complexity index is 1060. The smallest absolute Gasteiger partial charge is 0.297 e. The second kappa shape index (κ2) is 14.5. The number of benzene rings is 1. The topological polar surface area (TPSA) is 83.6 Å². The number of nitro benzene ring substituents is 1. The number of unbranched alkanes of at least 4 members (excludes halogenated alkanes) is 5. The molecule has 194 valence electrons. The molecule has 0 amide bonds. The van der Waals surface area contributed by atoms with Crippen molar-refractivity contribution in [2.45, 2.75) is 99.0 Å². The first kappa shape index (κ1) is 28.4. The molecular weight excluding hydrogens is 444 g/mol. The zero-order valence-electron chi connectivity index (χ0n) is 22.1. The summed E-state index contributed by atoms with van der Waals surface area (Å²) in [6.07, 6.45) is 11.1. The summed E-state index contributed by atoms with van der Waals surface area (Å²) < 4.78 is 14.0. The number of aromatic nitrogens is 1. The Kier molecular flexibility index (Phi) is 11.8. The van der Waals surface area contributed by atoms with Crippen molar-refractivity contribution in [3.05, 3.63) is 50.5 Å². The molecule has 0 fully saturated rings. The molecule has 0 saturated carbocycles. The van der Waals surface area contributed by atoms with Gasteiger partial charge in [0.2, 0.25) is 5.75 Å². The van der Waals surface area contributed by atoms with Gasteiger partial charge in [-0.25, -0.2) is 0 Å². The van der Waals surface area contributed by atoms with Crippen molar-refractivity contribution < 1.29 is 14.4 Å². The van der Waals surface area contributed by atoms with E-state index in [0.29, 0.717) is 47.9 Å². The molecule has 1 heterocycles. The number of hydrogen-bond acceptors (Lipinski definition) is 5. The number of fused-ring (bicyclic) bond motifs is 1. The number of non-ortho nitro benzene ring substituents is 1. The Balaban J connectivity index is 2.60. The third-order valence-corrected chi connectivity index (χ3v) is 6.31. The minimum absolute atomic E-state index is 0.0495. The number of aryl methyl sites for hydroxylation is 1. The molecule has 7 heteroatoms. The number of nitro groups is 1. The normalized spacial score (nSPS) is 12.7. The molecule has 0 spiro atoms. The first-order valence-corrected chi connectivity index (χ1v) is 13.2. The van der Waals surface area contributed by atoms with Crippen molar-refractivity contribution in [2.75, 3.05) is 6.61 Å². The summed E-state index contributed by atoms with van der Waals surface area (Å²) in [6, 6.07) is 4.61. The van der Waals surface area contributed by atoms with Crippen molar-refractivity contribution in [1.29, 1.82) is 0 Å². The molecule has 1 unspecified atom stereocenters. The quantitative estimate of drug-likeness (QED) is 0.105. The summed E-state index contributed by atoms with van der Waals surface area (Å²) in [6.45, 7) is 11.2. The second-order valence-corrected chi connectivity index (χ2v) is 9.26. The molecule has 7 nitrogen and oxygen atoms in total. The van der Waals surface area contributed by atoms with Gasteiger partial charge in [-0.3, -0.25) is 14.9 Å². The van der Waals surface area contributed by atoms with Gasteiger partial charge in [0.05, 0.1) is 22.8 Å². The number of pyridine rings is 1. The molecule has 1 atom stereocenters. The Morgan fingerprint density at radius 1 is 1.09 bits per heavy atom. The lowest BCUT2D eigenvalue weighted by molar-refractivity contribution is -0.384. The van der Waals surface area contributed by atoms with E-state index < -0.39 is 4.92 Å². The van der Waals surface area contributed by atoms with Gasteiger partial charge in [0, 0.05) is 30.5 Å². The van der Waals surface area contributed by atoms with Crippen LogP contribution in [0.3, 0.4) is 0 Å². The minimum atomic E-state index is -0.431. The number of ether oxygens (including phenoxy) is 2. The predicted molar refractivity (Wildman–Crippen MR) is 142 cm³/mol. The summed E-state index contributed by atoms with van der Waals surface area (Å²) in [5, 5.41) is 12.2. The maximum Gasteiger partial charge on any atom is 0.297 e. The standard InChI is InChI=1S/C28H42N2O5/c1-6-10-11-12-13-14-18-29-25-19-22(30(32)33)16-17-24(25)26(35-23(8-3)9-4)27(28(29)31)34-20-21(5)15-7-2/h8,16-17,19,21H,6-7,9-15,18,20H2,1-5H3. The molecule has 0 radical (unpaired) electrons. The largest absolute Gasteiger partial charge is 0.485 e. The Hall–Kier alpha value is -2.83. The van der Waals surface area contributed by atoms with E-state index in [1.807, 2.05) is 19.9 Å². The molecule has 2 rings (SSSR count). The van der Waals surface area contributed by atoms with Gasteiger partial charge in [-0.2, -0.15) is 0 Å². The van der Waals surface area contributed by atoms with Crippen molar-refractivity contribution in [1.82, 2.24) is 4.57 Å². The third kappa shape index (κ3) is 7.84. The van der Waals surface area contributed by atoms with Crippen LogP contribution in [0.5, 0.6) is 11.5 Å². The van der Waals surface area contributed by atoms with Gasteiger partial charge in [0.25, 0.3) is 11.2 Å². The number of allylic oxidation sites excluding steroid dienone is 2. The zero-order chi connectivity index (χ0) is 25.8. The highest BCUT2D eigenvalue weighted by atomic mass is 16.6. The summed E-state index contributed by atoms with van der Waals surface area (Å²) in [4.78, 5) is 24.8. The molecule has 0 bridgehead atoms. The van der Waals surface area contributed by atoms with Gasteiger partial charge >= 0.3 is 0 Å². The molecular formula is C28H42N2O5. The molecule has 0 aliphatic carbocycles. The van der Waals surface area contributed by atoms with Gasteiger partial charge < -0.3 is 14.0 Å². The van der Waals surface area contributed by atoms with Crippen molar-refractivity contribution >= 4 is 16.6 Å². The van der Waals surface area contributed by atoms with Gasteiger partial charge in [-0.05, 0) is 37.8 Å². The first-order chi connectivity index (χ1) is 16.9. The minimum Gasteiger partial charge on any atom is -0.485 e. The van der Waals surface area contributed by atoms with Gasteiger partial charge in [-0.1, -0.05) is 66.2 Å². The first-order valence-electron chi connectivity index (χ1n) is 13.2. The molecule has 0 saturated heterocycles. The van der Waals surface area contributed by atoms with Crippen LogP contribution >= 0.6 is 0 Å². The van der Waals surface area contributed by atoms with Crippen LogP contribution in [0, 0.1) is 16.0 Å². The predicted octanol–water partition coefficient (Wildman–Crippen LogP) is 7.78. The second-order valence-electron chi connectivity index (χ2n) is 9.26. The maximum atomic E-state index is 13.7. The van der Waals surface area contributed by atoms with Crippen molar-refractivity contribution in [2.24, 2.45) is 5.92 Å². The van der Waals surface area contributed by atoms with Crippen molar-refractivity contribution in [3.63, 3.8) is 0 Å². The summed E-state index contributed by atoms with van der Waals surface area (Å²) in [7, 11) is 0. The van der Waals surface area contributed by atoms with E-state index in [1.54, 1.807) is 10.6 Å². The average Bonchev–Trinajstić information content (AvgIpc) is 2.85.